The number of esters is 1. The number of nitrogens with one attached hydrogen (secondary N) is 1. The van der Waals surface area contributed by atoms with E-state index in [0.29, 0.717) is 12.0 Å². The monoisotopic (exact) mass is 463 g/mol. The molecule has 0 unspecified atom stereocenters. The van der Waals surface area contributed by atoms with Crippen molar-refractivity contribution in [3.05, 3.63) is 74.8 Å². The number of dihydropyridines is 1. The smallest absolute Gasteiger partial charge is 0.337 e. The Morgan fingerprint density at radius 2 is 1.94 bits per heavy atom. The zero-order valence-electron chi connectivity index (χ0n) is 19.1. The van der Waals surface area contributed by atoms with Crippen LogP contribution in [0.4, 0.5) is 0 Å². The number of thiophene rings is 1. The highest BCUT2D eigenvalue weighted by atomic mass is 32.1. The van der Waals surface area contributed by atoms with E-state index in [1.165, 1.54) is 0 Å². The number of hydrogen-bond acceptors (Lipinski definition) is 6. The molecule has 5 rings (SSSR count). The molecule has 1 aromatic heterocycles. The Hall–Kier alpha value is -2.86. The zero-order chi connectivity index (χ0) is 22.9. The fourth-order valence-electron chi connectivity index (χ4n) is 5.40. The number of benzene rings is 1. The molecule has 6 heteroatoms. The number of Topliss-reactive ketones (excluding diaryl/α,β-unsaturated/α-hetero) is 1. The van der Waals surface area contributed by atoms with Gasteiger partial charge in [0.15, 0.2) is 5.78 Å². The molecule has 2 atom stereocenters. The van der Waals surface area contributed by atoms with E-state index >= 15 is 0 Å². The Labute approximate surface area is 198 Å². The van der Waals surface area contributed by atoms with Gasteiger partial charge in [0, 0.05) is 28.3 Å². The number of allylic oxidation sites excluding steroid dienone is 3. The Morgan fingerprint density at radius 1 is 1.12 bits per heavy atom. The Balaban J connectivity index is 1.50. The summed E-state index contributed by atoms with van der Waals surface area (Å²) in [5.74, 6) is 0.297. The highest BCUT2D eigenvalue weighted by Gasteiger charge is 2.42. The van der Waals surface area contributed by atoms with Crippen LogP contribution in [0.3, 0.4) is 0 Å². The molecule has 2 aliphatic carbocycles. The van der Waals surface area contributed by atoms with Crippen molar-refractivity contribution >= 4 is 23.1 Å². The molecule has 1 aliphatic heterocycles. The van der Waals surface area contributed by atoms with Crippen LogP contribution in [0.25, 0.3) is 0 Å². The van der Waals surface area contributed by atoms with Crippen LogP contribution in [-0.2, 0) is 14.3 Å². The van der Waals surface area contributed by atoms with Gasteiger partial charge in [0.1, 0.15) is 11.9 Å². The minimum atomic E-state index is -0.367. The standard InChI is InChI=1S/C27H29NO4S/c1-16-24(27(30)32-19-8-3-4-9-19)26(23-11-6-12-33-23)25-21(28-16)14-18(15-22(25)29)17-7-5-10-20(13-17)31-2/h5-7,10-13,18-19,26,28H,3-4,8-9,14-15H2,1-2H3/t18-,26+/m0/s1. The van der Waals surface area contributed by atoms with E-state index in [1.54, 1.807) is 18.4 Å². The van der Waals surface area contributed by atoms with Crippen LogP contribution in [0.1, 0.15) is 67.7 Å². The molecule has 172 valence electrons. The second kappa shape index (κ2) is 9.18. The molecule has 0 bridgehead atoms. The summed E-state index contributed by atoms with van der Waals surface area (Å²) in [4.78, 5) is 27.9. The maximum Gasteiger partial charge on any atom is 0.337 e. The van der Waals surface area contributed by atoms with Gasteiger partial charge in [-0.25, -0.2) is 4.79 Å². The molecule has 2 heterocycles. The Kier molecular flexibility index (Phi) is 6.11. The first-order chi connectivity index (χ1) is 16.0. The highest BCUT2D eigenvalue weighted by molar-refractivity contribution is 7.10. The van der Waals surface area contributed by atoms with E-state index in [9.17, 15) is 9.59 Å². The van der Waals surface area contributed by atoms with Crippen LogP contribution < -0.4 is 10.1 Å². The van der Waals surface area contributed by atoms with Gasteiger partial charge >= 0.3 is 5.97 Å². The quantitative estimate of drug-likeness (QED) is 0.585. The maximum absolute atomic E-state index is 13.6. The number of carbonyl (C=O) groups is 2. The summed E-state index contributed by atoms with van der Waals surface area (Å²) >= 11 is 1.58. The zero-order valence-corrected chi connectivity index (χ0v) is 19.9. The minimum absolute atomic E-state index is 0.0170. The van der Waals surface area contributed by atoms with Crippen molar-refractivity contribution in [2.45, 2.75) is 63.4 Å². The summed E-state index contributed by atoms with van der Waals surface area (Å²) in [6, 6.07) is 11.9. The van der Waals surface area contributed by atoms with Crippen LogP contribution in [-0.4, -0.2) is 25.0 Å². The fraction of sp³-hybridized carbons (Fsp3) is 0.407. The lowest BCUT2D eigenvalue weighted by atomic mass is 9.73. The molecule has 0 saturated heterocycles. The topological polar surface area (TPSA) is 64.6 Å². The van der Waals surface area contributed by atoms with Crippen molar-refractivity contribution in [2.75, 3.05) is 7.11 Å². The second-order valence-corrected chi connectivity index (χ2v) is 10.1. The van der Waals surface area contributed by atoms with Gasteiger partial charge in [-0.2, -0.15) is 0 Å². The van der Waals surface area contributed by atoms with Crippen molar-refractivity contribution in [3.63, 3.8) is 0 Å². The predicted octanol–water partition coefficient (Wildman–Crippen LogP) is 5.60. The van der Waals surface area contributed by atoms with Gasteiger partial charge in [-0.3, -0.25) is 4.79 Å². The molecular weight excluding hydrogens is 434 g/mol. The van der Waals surface area contributed by atoms with Gasteiger partial charge in [-0.1, -0.05) is 18.2 Å². The van der Waals surface area contributed by atoms with Gasteiger partial charge in [0.25, 0.3) is 0 Å². The molecule has 0 radical (unpaired) electrons. The first-order valence-electron chi connectivity index (χ1n) is 11.7. The number of ether oxygens (including phenoxy) is 2. The third kappa shape index (κ3) is 4.24. The molecule has 0 amide bonds. The average molecular weight is 464 g/mol. The molecule has 3 aliphatic rings. The fourth-order valence-corrected chi connectivity index (χ4v) is 6.25. The normalized spacial score (nSPS) is 23.4. The SMILES string of the molecule is COc1cccc([C@@H]2CC(=O)C3=C(C2)NC(C)=C(C(=O)OC2CCCC2)[C@H]3c2cccs2)c1. The molecule has 5 nitrogen and oxygen atoms in total. The number of hydrogen-bond donors (Lipinski definition) is 1. The van der Waals surface area contributed by atoms with Crippen LogP contribution in [0.5, 0.6) is 5.75 Å². The first kappa shape index (κ1) is 22.0. The summed E-state index contributed by atoms with van der Waals surface area (Å²) in [5.41, 5.74) is 4.11. The molecule has 33 heavy (non-hydrogen) atoms. The summed E-state index contributed by atoms with van der Waals surface area (Å²) in [6.07, 6.45) is 5.16. The number of carbonyl (C=O) groups excluding carboxylic acids is 2. The van der Waals surface area contributed by atoms with Crippen molar-refractivity contribution in [1.29, 1.82) is 0 Å². The average Bonchev–Trinajstić information content (AvgIpc) is 3.52. The van der Waals surface area contributed by atoms with Crippen molar-refractivity contribution in [2.24, 2.45) is 0 Å². The van der Waals surface area contributed by atoms with Gasteiger partial charge in [0.05, 0.1) is 18.6 Å². The van der Waals surface area contributed by atoms with Gasteiger partial charge in [-0.15, -0.1) is 11.3 Å². The number of ketones is 1. The van der Waals surface area contributed by atoms with Crippen LogP contribution >= 0.6 is 11.3 Å². The Bertz CT molecular complexity index is 1120. The lowest BCUT2D eigenvalue weighted by molar-refractivity contribution is -0.144. The molecule has 2 aromatic rings. The lowest BCUT2D eigenvalue weighted by Gasteiger charge is -2.36. The molecule has 0 spiro atoms. The van der Waals surface area contributed by atoms with E-state index in [0.717, 1.165) is 65.3 Å². The number of methoxy groups -OCH3 is 1. The second-order valence-electron chi connectivity index (χ2n) is 9.12. The first-order valence-corrected chi connectivity index (χ1v) is 12.6. The van der Waals surface area contributed by atoms with Gasteiger partial charge < -0.3 is 14.8 Å². The largest absolute Gasteiger partial charge is 0.497 e. The molecular formula is C27H29NO4S. The van der Waals surface area contributed by atoms with Crippen LogP contribution in [0, 0.1) is 0 Å². The molecule has 1 saturated carbocycles. The molecule has 1 aromatic carbocycles. The van der Waals surface area contributed by atoms with Gasteiger partial charge in [0.2, 0.25) is 0 Å². The van der Waals surface area contributed by atoms with Crippen LogP contribution in [0.2, 0.25) is 0 Å². The Morgan fingerprint density at radius 3 is 2.67 bits per heavy atom. The summed E-state index contributed by atoms with van der Waals surface area (Å²) in [5, 5.41) is 5.44. The van der Waals surface area contributed by atoms with E-state index in [1.807, 2.05) is 42.6 Å². The predicted molar refractivity (Wildman–Crippen MR) is 128 cm³/mol. The molecule has 1 N–H and O–H groups in total. The van der Waals surface area contributed by atoms with Crippen molar-refractivity contribution < 1.29 is 19.1 Å². The van der Waals surface area contributed by atoms with E-state index in [4.69, 9.17) is 9.47 Å². The van der Waals surface area contributed by atoms with Crippen molar-refractivity contribution in [1.82, 2.24) is 5.32 Å². The minimum Gasteiger partial charge on any atom is -0.497 e. The maximum atomic E-state index is 13.6. The molecule has 1 fully saturated rings. The van der Waals surface area contributed by atoms with E-state index < -0.39 is 0 Å². The third-order valence-corrected chi connectivity index (χ3v) is 7.95. The summed E-state index contributed by atoms with van der Waals surface area (Å²) < 4.78 is 11.3. The summed E-state index contributed by atoms with van der Waals surface area (Å²) in [6.45, 7) is 1.93. The number of rotatable bonds is 5. The lowest BCUT2D eigenvalue weighted by Crippen LogP contribution is -2.36. The third-order valence-electron chi connectivity index (χ3n) is 7.02. The van der Waals surface area contributed by atoms with E-state index in [-0.39, 0.29) is 29.7 Å². The highest BCUT2D eigenvalue weighted by Crippen LogP contribution is 2.47. The van der Waals surface area contributed by atoms with E-state index in [2.05, 4.69) is 11.4 Å². The van der Waals surface area contributed by atoms with Crippen molar-refractivity contribution in [3.8, 4) is 5.75 Å². The van der Waals surface area contributed by atoms with Gasteiger partial charge in [-0.05, 0) is 74.1 Å². The van der Waals surface area contributed by atoms with Crippen LogP contribution in [0.15, 0.2) is 64.3 Å². The summed E-state index contributed by atoms with van der Waals surface area (Å²) in [7, 11) is 1.65.